The molecule has 118 valence electrons. The van der Waals surface area contributed by atoms with Crippen LogP contribution in [0.4, 0.5) is 5.82 Å². The van der Waals surface area contributed by atoms with Gasteiger partial charge in [0.05, 0.1) is 0 Å². The van der Waals surface area contributed by atoms with Crippen LogP contribution in [0.3, 0.4) is 0 Å². The van der Waals surface area contributed by atoms with E-state index in [9.17, 15) is 4.79 Å². The number of carbonyl (C=O) groups is 1. The summed E-state index contributed by atoms with van der Waals surface area (Å²) in [6.07, 6.45) is 2.80. The SMILES string of the molecule is CCCNc1cc(C(=O)NCCCN(C)C)cc(CC)n1. The molecule has 0 spiro atoms. The van der Waals surface area contributed by atoms with Crippen LogP contribution in [-0.2, 0) is 6.42 Å². The van der Waals surface area contributed by atoms with E-state index in [0.717, 1.165) is 43.9 Å². The van der Waals surface area contributed by atoms with Crippen molar-refractivity contribution in [1.82, 2.24) is 15.2 Å². The lowest BCUT2D eigenvalue weighted by Gasteiger charge is -2.11. The van der Waals surface area contributed by atoms with Gasteiger partial charge in [0.1, 0.15) is 5.82 Å². The monoisotopic (exact) mass is 292 g/mol. The predicted octanol–water partition coefficient (Wildman–Crippen LogP) is 2.15. The molecule has 1 amide bonds. The molecule has 0 aliphatic heterocycles. The van der Waals surface area contributed by atoms with E-state index in [1.807, 2.05) is 33.2 Å². The summed E-state index contributed by atoms with van der Waals surface area (Å²) in [4.78, 5) is 18.8. The molecule has 0 radical (unpaired) electrons. The molecule has 1 rings (SSSR count). The molecule has 0 atom stereocenters. The van der Waals surface area contributed by atoms with Crippen molar-refractivity contribution in [3.05, 3.63) is 23.4 Å². The van der Waals surface area contributed by atoms with Gasteiger partial charge in [0.15, 0.2) is 0 Å². The Labute approximate surface area is 128 Å². The van der Waals surface area contributed by atoms with Gasteiger partial charge in [-0.05, 0) is 52.0 Å². The normalized spacial score (nSPS) is 10.7. The maximum absolute atomic E-state index is 12.2. The molecular weight excluding hydrogens is 264 g/mol. The molecule has 1 aromatic heterocycles. The van der Waals surface area contributed by atoms with Gasteiger partial charge in [-0.15, -0.1) is 0 Å². The van der Waals surface area contributed by atoms with Gasteiger partial charge < -0.3 is 15.5 Å². The van der Waals surface area contributed by atoms with Gasteiger partial charge in [0.25, 0.3) is 5.91 Å². The zero-order chi connectivity index (χ0) is 15.7. The Bertz CT molecular complexity index is 446. The maximum Gasteiger partial charge on any atom is 0.251 e. The van der Waals surface area contributed by atoms with Crippen LogP contribution >= 0.6 is 0 Å². The molecule has 5 nitrogen and oxygen atoms in total. The summed E-state index contributed by atoms with van der Waals surface area (Å²) in [5, 5.41) is 6.22. The Balaban J connectivity index is 2.64. The standard InChI is InChI=1S/C16H28N4O/c1-5-8-17-15-12-13(11-14(6-2)19-15)16(21)18-9-7-10-20(3)4/h11-12H,5-10H2,1-4H3,(H,17,19)(H,18,21). The largest absolute Gasteiger partial charge is 0.370 e. The van der Waals surface area contributed by atoms with Crippen molar-refractivity contribution in [2.75, 3.05) is 39.0 Å². The predicted molar refractivity (Wildman–Crippen MR) is 87.9 cm³/mol. The van der Waals surface area contributed by atoms with E-state index < -0.39 is 0 Å². The first kappa shape index (κ1) is 17.4. The average Bonchev–Trinajstić information content (AvgIpc) is 2.48. The third kappa shape index (κ3) is 6.58. The quantitative estimate of drug-likeness (QED) is 0.685. The maximum atomic E-state index is 12.2. The van der Waals surface area contributed by atoms with Gasteiger partial charge in [-0.1, -0.05) is 13.8 Å². The zero-order valence-corrected chi connectivity index (χ0v) is 13.7. The highest BCUT2D eigenvalue weighted by Gasteiger charge is 2.09. The lowest BCUT2D eigenvalue weighted by Crippen LogP contribution is -2.27. The minimum Gasteiger partial charge on any atom is -0.370 e. The number of nitrogens with one attached hydrogen (secondary N) is 2. The second-order valence-electron chi connectivity index (χ2n) is 5.43. The smallest absolute Gasteiger partial charge is 0.251 e. The number of pyridine rings is 1. The van der Waals surface area contributed by atoms with E-state index in [1.54, 1.807) is 0 Å². The summed E-state index contributed by atoms with van der Waals surface area (Å²) in [6.45, 7) is 6.68. The molecule has 0 saturated heterocycles. The summed E-state index contributed by atoms with van der Waals surface area (Å²) >= 11 is 0. The van der Waals surface area contributed by atoms with Gasteiger partial charge in [-0.3, -0.25) is 4.79 Å². The molecule has 0 bridgehead atoms. The highest BCUT2D eigenvalue weighted by molar-refractivity contribution is 5.95. The van der Waals surface area contributed by atoms with E-state index in [2.05, 4.69) is 27.4 Å². The molecule has 0 unspecified atom stereocenters. The summed E-state index contributed by atoms with van der Waals surface area (Å²) in [6, 6.07) is 3.70. The number of amides is 1. The topological polar surface area (TPSA) is 57.3 Å². The average molecular weight is 292 g/mol. The summed E-state index contributed by atoms with van der Waals surface area (Å²) in [5.74, 6) is 0.764. The highest BCUT2D eigenvalue weighted by atomic mass is 16.1. The fraction of sp³-hybridized carbons (Fsp3) is 0.625. The fourth-order valence-electron chi connectivity index (χ4n) is 1.94. The molecule has 0 saturated carbocycles. The van der Waals surface area contributed by atoms with Crippen molar-refractivity contribution >= 4 is 11.7 Å². The molecular formula is C16H28N4O. The van der Waals surface area contributed by atoms with Crippen molar-refractivity contribution in [2.45, 2.75) is 33.1 Å². The van der Waals surface area contributed by atoms with Crippen LogP contribution in [0.2, 0.25) is 0 Å². The Morgan fingerprint density at radius 1 is 1.24 bits per heavy atom. The van der Waals surface area contributed by atoms with Crippen LogP contribution in [0.1, 0.15) is 42.7 Å². The number of nitrogens with zero attached hydrogens (tertiary/aromatic N) is 2. The third-order valence-electron chi connectivity index (χ3n) is 3.13. The molecule has 0 aromatic carbocycles. The number of hydrogen-bond acceptors (Lipinski definition) is 4. The van der Waals surface area contributed by atoms with Crippen molar-refractivity contribution < 1.29 is 4.79 Å². The number of rotatable bonds is 9. The molecule has 0 aliphatic carbocycles. The first-order chi connectivity index (χ1) is 10.1. The Hall–Kier alpha value is -1.62. The molecule has 1 aromatic rings. The van der Waals surface area contributed by atoms with Crippen molar-refractivity contribution in [2.24, 2.45) is 0 Å². The van der Waals surface area contributed by atoms with Crippen LogP contribution in [0.25, 0.3) is 0 Å². The Morgan fingerprint density at radius 2 is 2.00 bits per heavy atom. The zero-order valence-electron chi connectivity index (χ0n) is 13.7. The van der Waals surface area contributed by atoms with E-state index in [1.165, 1.54) is 0 Å². The molecule has 21 heavy (non-hydrogen) atoms. The lowest BCUT2D eigenvalue weighted by molar-refractivity contribution is 0.0952. The van der Waals surface area contributed by atoms with Gasteiger partial charge in [0, 0.05) is 24.3 Å². The van der Waals surface area contributed by atoms with E-state index in [4.69, 9.17) is 0 Å². The number of aromatic nitrogens is 1. The lowest BCUT2D eigenvalue weighted by atomic mass is 10.1. The van der Waals surface area contributed by atoms with Crippen LogP contribution in [0, 0.1) is 0 Å². The third-order valence-corrected chi connectivity index (χ3v) is 3.13. The van der Waals surface area contributed by atoms with Crippen molar-refractivity contribution in [1.29, 1.82) is 0 Å². The van der Waals surface area contributed by atoms with Crippen LogP contribution < -0.4 is 10.6 Å². The Morgan fingerprint density at radius 3 is 2.62 bits per heavy atom. The van der Waals surface area contributed by atoms with Gasteiger partial charge in [-0.25, -0.2) is 4.98 Å². The molecule has 0 fully saturated rings. The first-order valence-corrected chi connectivity index (χ1v) is 7.74. The summed E-state index contributed by atoms with van der Waals surface area (Å²) in [5.41, 5.74) is 1.62. The van der Waals surface area contributed by atoms with E-state index >= 15 is 0 Å². The number of hydrogen-bond donors (Lipinski definition) is 2. The van der Waals surface area contributed by atoms with Crippen LogP contribution in [0.5, 0.6) is 0 Å². The minimum atomic E-state index is -0.0228. The summed E-state index contributed by atoms with van der Waals surface area (Å²) in [7, 11) is 4.06. The van der Waals surface area contributed by atoms with Crippen LogP contribution in [0.15, 0.2) is 12.1 Å². The van der Waals surface area contributed by atoms with Gasteiger partial charge >= 0.3 is 0 Å². The number of anilines is 1. The van der Waals surface area contributed by atoms with Crippen molar-refractivity contribution in [3.8, 4) is 0 Å². The fourth-order valence-corrected chi connectivity index (χ4v) is 1.94. The number of carbonyl (C=O) groups excluding carboxylic acids is 1. The Kier molecular flexibility index (Phi) is 7.75. The van der Waals surface area contributed by atoms with E-state index in [0.29, 0.717) is 12.1 Å². The second-order valence-corrected chi connectivity index (χ2v) is 5.43. The van der Waals surface area contributed by atoms with Gasteiger partial charge in [0.2, 0.25) is 0 Å². The van der Waals surface area contributed by atoms with Crippen LogP contribution in [-0.4, -0.2) is 49.5 Å². The molecule has 5 heteroatoms. The first-order valence-electron chi connectivity index (χ1n) is 7.74. The minimum absolute atomic E-state index is 0.0228. The van der Waals surface area contributed by atoms with Crippen molar-refractivity contribution in [3.63, 3.8) is 0 Å². The number of aryl methyl sites for hydroxylation is 1. The molecule has 1 heterocycles. The summed E-state index contributed by atoms with van der Waals surface area (Å²) < 4.78 is 0. The molecule has 2 N–H and O–H groups in total. The highest BCUT2D eigenvalue weighted by Crippen LogP contribution is 2.11. The molecule has 0 aliphatic rings. The van der Waals surface area contributed by atoms with Gasteiger partial charge in [-0.2, -0.15) is 0 Å². The second kappa shape index (κ2) is 9.34. The van der Waals surface area contributed by atoms with E-state index in [-0.39, 0.29) is 5.91 Å².